The molecule has 0 bridgehead atoms. The number of nitrogens with zero attached hydrogens (tertiary/aromatic N) is 6. The van der Waals surface area contributed by atoms with Crippen molar-refractivity contribution in [2.45, 2.75) is 19.8 Å². The number of piperidine rings is 1. The van der Waals surface area contributed by atoms with Gasteiger partial charge in [-0.3, -0.25) is 10.1 Å². The molecule has 8 nitrogen and oxygen atoms in total. The van der Waals surface area contributed by atoms with E-state index in [1.807, 2.05) is 34.1 Å². The van der Waals surface area contributed by atoms with Gasteiger partial charge in [-0.1, -0.05) is 24.6 Å². The fourth-order valence-corrected chi connectivity index (χ4v) is 4.24. The molecule has 0 atom stereocenters. The maximum atomic E-state index is 12.0. The summed E-state index contributed by atoms with van der Waals surface area (Å²) in [5.74, 6) is 1.51. The largest absolute Gasteiger partial charge is 0.368 e. The highest BCUT2D eigenvalue weighted by atomic mass is 35.5. The third kappa shape index (κ3) is 4.22. The molecule has 2 fully saturated rings. The highest BCUT2D eigenvalue weighted by Crippen LogP contribution is 2.36. The second-order valence-electron chi connectivity index (χ2n) is 7.75. The van der Waals surface area contributed by atoms with E-state index in [4.69, 9.17) is 11.6 Å². The van der Waals surface area contributed by atoms with Crippen molar-refractivity contribution in [2.24, 2.45) is 5.92 Å². The Morgan fingerprint density at radius 3 is 2.17 bits per heavy atom. The second kappa shape index (κ2) is 8.41. The zero-order valence-corrected chi connectivity index (χ0v) is 17.3. The van der Waals surface area contributed by atoms with Crippen molar-refractivity contribution in [3.05, 3.63) is 45.7 Å². The molecule has 29 heavy (non-hydrogen) atoms. The zero-order chi connectivity index (χ0) is 20.4. The van der Waals surface area contributed by atoms with Crippen LogP contribution in [0.2, 0.25) is 5.02 Å². The Hall–Kier alpha value is -2.61. The van der Waals surface area contributed by atoms with Crippen LogP contribution in [0.4, 0.5) is 23.0 Å². The van der Waals surface area contributed by atoms with Crippen LogP contribution in [0.15, 0.2) is 30.6 Å². The number of hydrogen-bond acceptors (Lipinski definition) is 7. The number of hydrogen-bond donors (Lipinski definition) is 0. The molecule has 9 heteroatoms. The van der Waals surface area contributed by atoms with Crippen molar-refractivity contribution in [3.63, 3.8) is 0 Å². The maximum Gasteiger partial charge on any atom is 0.353 e. The first-order valence-corrected chi connectivity index (χ1v) is 10.4. The molecule has 3 heterocycles. The fraction of sp³-hybridized carbons (Fsp3) is 0.500. The summed E-state index contributed by atoms with van der Waals surface area (Å²) in [5.41, 5.74) is 1.09. The standard InChI is InChI=1S/C20H25ClN6O2/c1-15-5-7-25(8-6-15)19-18(27(28)29)20(23-14-22-19)26-11-9-24(10-12-26)17-4-2-3-16(21)13-17/h2-4,13-15H,5-12H2,1H3. The summed E-state index contributed by atoms with van der Waals surface area (Å²) in [7, 11) is 0. The molecule has 154 valence electrons. The number of rotatable bonds is 4. The van der Waals surface area contributed by atoms with Crippen molar-refractivity contribution >= 4 is 34.6 Å². The van der Waals surface area contributed by atoms with E-state index in [1.54, 1.807) is 0 Å². The predicted molar refractivity (Wildman–Crippen MR) is 115 cm³/mol. The van der Waals surface area contributed by atoms with E-state index in [-0.39, 0.29) is 10.6 Å². The van der Waals surface area contributed by atoms with E-state index in [2.05, 4.69) is 21.8 Å². The van der Waals surface area contributed by atoms with Crippen LogP contribution in [0.3, 0.4) is 0 Å². The van der Waals surface area contributed by atoms with Crippen molar-refractivity contribution in [1.29, 1.82) is 0 Å². The minimum absolute atomic E-state index is 0.0262. The van der Waals surface area contributed by atoms with Gasteiger partial charge in [0, 0.05) is 50.0 Å². The van der Waals surface area contributed by atoms with Gasteiger partial charge in [0.1, 0.15) is 6.33 Å². The summed E-state index contributed by atoms with van der Waals surface area (Å²) in [6.07, 6.45) is 3.50. The number of benzene rings is 1. The molecule has 0 radical (unpaired) electrons. The molecule has 0 unspecified atom stereocenters. The quantitative estimate of drug-likeness (QED) is 0.556. The summed E-state index contributed by atoms with van der Waals surface area (Å²) in [4.78, 5) is 26.5. The van der Waals surface area contributed by atoms with Crippen molar-refractivity contribution in [1.82, 2.24) is 9.97 Å². The number of halogens is 1. The minimum atomic E-state index is -0.327. The van der Waals surface area contributed by atoms with E-state index < -0.39 is 0 Å². The molecule has 0 spiro atoms. The van der Waals surface area contributed by atoms with E-state index >= 15 is 0 Å². The number of anilines is 3. The monoisotopic (exact) mass is 416 g/mol. The van der Waals surface area contributed by atoms with Crippen LogP contribution >= 0.6 is 11.6 Å². The van der Waals surface area contributed by atoms with Gasteiger partial charge in [0.25, 0.3) is 0 Å². The third-order valence-corrected chi connectivity index (χ3v) is 6.04. The third-order valence-electron chi connectivity index (χ3n) is 5.80. The van der Waals surface area contributed by atoms with E-state index in [1.165, 1.54) is 6.33 Å². The Balaban J connectivity index is 1.54. The Kier molecular flexibility index (Phi) is 5.71. The Labute approximate surface area is 175 Å². The summed E-state index contributed by atoms with van der Waals surface area (Å²) in [6, 6.07) is 7.77. The first kappa shape index (κ1) is 19.7. The van der Waals surface area contributed by atoms with Crippen LogP contribution < -0.4 is 14.7 Å². The molecule has 0 saturated carbocycles. The highest BCUT2D eigenvalue weighted by molar-refractivity contribution is 6.30. The molecule has 2 aromatic rings. The van der Waals surface area contributed by atoms with Gasteiger partial charge in [0.2, 0.25) is 11.6 Å². The van der Waals surface area contributed by atoms with Crippen LogP contribution in [0.5, 0.6) is 0 Å². The van der Waals surface area contributed by atoms with Crippen LogP contribution in [0, 0.1) is 16.0 Å². The van der Waals surface area contributed by atoms with Gasteiger partial charge in [-0.05, 0) is 37.0 Å². The van der Waals surface area contributed by atoms with Gasteiger partial charge < -0.3 is 14.7 Å². The summed E-state index contributed by atoms with van der Waals surface area (Å²) in [5, 5.41) is 12.7. The predicted octanol–water partition coefficient (Wildman–Crippen LogP) is 3.60. The van der Waals surface area contributed by atoms with Gasteiger partial charge in [-0.15, -0.1) is 0 Å². The molecular formula is C20H25ClN6O2. The molecular weight excluding hydrogens is 392 g/mol. The lowest BCUT2D eigenvalue weighted by molar-refractivity contribution is -0.383. The van der Waals surface area contributed by atoms with Crippen molar-refractivity contribution in [3.8, 4) is 0 Å². The van der Waals surface area contributed by atoms with Crippen LogP contribution in [0.25, 0.3) is 0 Å². The van der Waals surface area contributed by atoms with E-state index in [0.717, 1.165) is 44.7 Å². The first-order chi connectivity index (χ1) is 14.0. The molecule has 2 saturated heterocycles. The Bertz CT molecular complexity index is 879. The van der Waals surface area contributed by atoms with Crippen molar-refractivity contribution in [2.75, 3.05) is 54.0 Å². The molecule has 2 aliphatic rings. The summed E-state index contributed by atoms with van der Waals surface area (Å²) < 4.78 is 0. The second-order valence-corrected chi connectivity index (χ2v) is 8.19. The average Bonchev–Trinajstić information content (AvgIpc) is 2.74. The molecule has 0 amide bonds. The smallest absolute Gasteiger partial charge is 0.353 e. The SMILES string of the molecule is CC1CCN(c2ncnc(N3CCN(c4cccc(Cl)c4)CC3)c2[N+](=O)[O-])CC1. The summed E-state index contributed by atoms with van der Waals surface area (Å²) >= 11 is 6.11. The number of nitro groups is 1. The summed E-state index contributed by atoms with van der Waals surface area (Å²) in [6.45, 7) is 6.61. The lowest BCUT2D eigenvalue weighted by Gasteiger charge is -2.37. The Morgan fingerprint density at radius 1 is 1.00 bits per heavy atom. The molecule has 4 rings (SSSR count). The lowest BCUT2D eigenvalue weighted by Crippen LogP contribution is -2.47. The maximum absolute atomic E-state index is 12.0. The fourth-order valence-electron chi connectivity index (χ4n) is 4.06. The van der Waals surface area contributed by atoms with Crippen LogP contribution in [0.1, 0.15) is 19.8 Å². The molecule has 0 aliphatic carbocycles. The van der Waals surface area contributed by atoms with Crippen molar-refractivity contribution < 1.29 is 4.92 Å². The lowest BCUT2D eigenvalue weighted by atomic mass is 9.99. The molecule has 1 aromatic carbocycles. The highest BCUT2D eigenvalue weighted by Gasteiger charge is 2.32. The molecule has 0 N–H and O–H groups in total. The van der Waals surface area contributed by atoms with E-state index in [0.29, 0.717) is 35.7 Å². The number of aromatic nitrogens is 2. The molecule has 2 aliphatic heterocycles. The average molecular weight is 417 g/mol. The van der Waals surface area contributed by atoms with Crippen LogP contribution in [-0.4, -0.2) is 54.2 Å². The Morgan fingerprint density at radius 2 is 1.59 bits per heavy atom. The van der Waals surface area contributed by atoms with Crippen LogP contribution in [-0.2, 0) is 0 Å². The minimum Gasteiger partial charge on any atom is -0.368 e. The van der Waals surface area contributed by atoms with Gasteiger partial charge in [0.15, 0.2) is 0 Å². The van der Waals surface area contributed by atoms with Gasteiger partial charge in [-0.25, -0.2) is 9.97 Å². The number of piperazine rings is 1. The van der Waals surface area contributed by atoms with Gasteiger partial charge in [-0.2, -0.15) is 0 Å². The van der Waals surface area contributed by atoms with Gasteiger partial charge >= 0.3 is 5.69 Å². The van der Waals surface area contributed by atoms with Gasteiger partial charge in [0.05, 0.1) is 4.92 Å². The van der Waals surface area contributed by atoms with E-state index in [9.17, 15) is 10.1 Å². The topological polar surface area (TPSA) is 78.6 Å². The molecule has 1 aromatic heterocycles. The zero-order valence-electron chi connectivity index (χ0n) is 16.5. The normalized spacial score (nSPS) is 18.2. The first-order valence-electron chi connectivity index (χ1n) is 10.0.